The number of aromatic carboxylic acids is 1. The molecule has 0 aromatic heterocycles. The summed E-state index contributed by atoms with van der Waals surface area (Å²) in [6, 6.07) is 14.2. The van der Waals surface area contributed by atoms with Crippen LogP contribution in [0.1, 0.15) is 44.7 Å². The molecular formula is C22H25NO5. The second kappa shape index (κ2) is 10.0. The van der Waals surface area contributed by atoms with Gasteiger partial charge in [-0.2, -0.15) is 0 Å². The normalized spacial score (nSPS) is 14.6. The van der Waals surface area contributed by atoms with Crippen molar-refractivity contribution in [3.8, 4) is 0 Å². The molecule has 28 heavy (non-hydrogen) atoms. The molecule has 1 fully saturated rings. The average Bonchev–Trinajstić information content (AvgIpc) is 2.73. The van der Waals surface area contributed by atoms with Crippen LogP contribution in [0.2, 0.25) is 0 Å². The average molecular weight is 383 g/mol. The van der Waals surface area contributed by atoms with E-state index in [0.717, 1.165) is 37.2 Å². The Morgan fingerprint density at radius 3 is 2.50 bits per heavy atom. The van der Waals surface area contributed by atoms with Gasteiger partial charge < -0.3 is 19.9 Å². The zero-order valence-electron chi connectivity index (χ0n) is 15.7. The van der Waals surface area contributed by atoms with Crippen molar-refractivity contribution in [3.05, 3.63) is 70.8 Å². The number of hydrogen-bond donors (Lipinski definition) is 2. The maximum atomic E-state index is 12.6. The number of carboxylic acid groups (broad SMARTS) is 1. The Morgan fingerprint density at radius 1 is 1.07 bits per heavy atom. The summed E-state index contributed by atoms with van der Waals surface area (Å²) in [5.41, 5.74) is 2.72. The lowest BCUT2D eigenvalue weighted by atomic mass is 10.1. The maximum absolute atomic E-state index is 12.6. The van der Waals surface area contributed by atoms with Gasteiger partial charge in [0.2, 0.25) is 0 Å². The number of benzene rings is 2. The van der Waals surface area contributed by atoms with Gasteiger partial charge in [0.05, 0.1) is 18.3 Å². The van der Waals surface area contributed by atoms with Crippen molar-refractivity contribution in [2.75, 3.05) is 19.8 Å². The van der Waals surface area contributed by atoms with Crippen molar-refractivity contribution in [3.63, 3.8) is 0 Å². The Kier molecular flexibility index (Phi) is 7.17. The lowest BCUT2D eigenvalue weighted by molar-refractivity contribution is -0.0392. The van der Waals surface area contributed by atoms with Gasteiger partial charge in [-0.15, -0.1) is 0 Å². The third-order valence-electron chi connectivity index (χ3n) is 4.80. The number of hydrogen-bond acceptors (Lipinski definition) is 4. The van der Waals surface area contributed by atoms with E-state index in [1.807, 2.05) is 18.2 Å². The van der Waals surface area contributed by atoms with Crippen LogP contribution in [0.5, 0.6) is 0 Å². The third-order valence-corrected chi connectivity index (χ3v) is 4.80. The zero-order valence-corrected chi connectivity index (χ0v) is 15.7. The fourth-order valence-electron chi connectivity index (χ4n) is 3.15. The molecule has 0 bridgehead atoms. The highest BCUT2D eigenvalue weighted by molar-refractivity contribution is 5.95. The van der Waals surface area contributed by atoms with Crippen LogP contribution in [-0.2, 0) is 22.5 Å². The molecule has 1 aliphatic rings. The van der Waals surface area contributed by atoms with E-state index in [1.165, 1.54) is 0 Å². The molecule has 2 aromatic rings. The van der Waals surface area contributed by atoms with Gasteiger partial charge in [0.1, 0.15) is 0 Å². The lowest BCUT2D eigenvalue weighted by Crippen LogP contribution is -2.27. The Balaban J connectivity index is 1.51. The second-order valence-electron chi connectivity index (χ2n) is 6.79. The summed E-state index contributed by atoms with van der Waals surface area (Å²) < 4.78 is 11.3. The molecule has 1 amide bonds. The van der Waals surface area contributed by atoms with Crippen LogP contribution in [0.4, 0.5) is 0 Å². The molecule has 148 valence electrons. The number of carboxylic acids is 1. The number of carbonyl (C=O) groups is 2. The summed E-state index contributed by atoms with van der Waals surface area (Å²) in [5.74, 6) is -1.08. The predicted octanol–water partition coefficient (Wildman–Crippen LogP) is 3.05. The molecule has 2 N–H and O–H groups in total. The number of rotatable bonds is 8. The van der Waals surface area contributed by atoms with E-state index in [4.69, 9.17) is 14.6 Å². The molecule has 0 atom stereocenters. The Labute approximate surface area is 164 Å². The monoisotopic (exact) mass is 383 g/mol. The van der Waals surface area contributed by atoms with E-state index < -0.39 is 5.97 Å². The van der Waals surface area contributed by atoms with Gasteiger partial charge in [-0.05, 0) is 48.6 Å². The van der Waals surface area contributed by atoms with Gasteiger partial charge in [-0.25, -0.2) is 4.79 Å². The summed E-state index contributed by atoms with van der Waals surface area (Å²) in [7, 11) is 0. The fourth-order valence-corrected chi connectivity index (χ4v) is 3.15. The number of nitrogens with one attached hydrogen (secondary N) is 1. The highest BCUT2D eigenvalue weighted by atomic mass is 16.5. The quantitative estimate of drug-likeness (QED) is 0.732. The van der Waals surface area contributed by atoms with E-state index in [9.17, 15) is 9.59 Å². The SMILES string of the molecule is O=C(O)c1ccc(CCNC(=O)c2ccccc2COC2CCOCC2)cc1. The van der Waals surface area contributed by atoms with Crippen molar-refractivity contribution in [1.29, 1.82) is 0 Å². The van der Waals surface area contributed by atoms with Crippen molar-refractivity contribution in [2.45, 2.75) is 32.0 Å². The molecule has 0 unspecified atom stereocenters. The first-order valence-electron chi connectivity index (χ1n) is 9.51. The van der Waals surface area contributed by atoms with Gasteiger partial charge >= 0.3 is 5.97 Å². The molecule has 0 spiro atoms. The highest BCUT2D eigenvalue weighted by Gasteiger charge is 2.16. The Morgan fingerprint density at radius 2 is 1.79 bits per heavy atom. The summed E-state index contributed by atoms with van der Waals surface area (Å²) >= 11 is 0. The Hall–Kier alpha value is -2.70. The molecule has 1 aliphatic heterocycles. The second-order valence-corrected chi connectivity index (χ2v) is 6.79. The van der Waals surface area contributed by atoms with Gasteiger partial charge in [0.15, 0.2) is 0 Å². The van der Waals surface area contributed by atoms with Gasteiger partial charge in [-0.1, -0.05) is 30.3 Å². The largest absolute Gasteiger partial charge is 0.478 e. The van der Waals surface area contributed by atoms with Crippen molar-refractivity contribution < 1.29 is 24.2 Å². The van der Waals surface area contributed by atoms with Crippen LogP contribution in [-0.4, -0.2) is 42.8 Å². The topological polar surface area (TPSA) is 84.9 Å². The van der Waals surface area contributed by atoms with Crippen LogP contribution in [0, 0.1) is 0 Å². The zero-order chi connectivity index (χ0) is 19.8. The van der Waals surface area contributed by atoms with Crippen molar-refractivity contribution in [2.24, 2.45) is 0 Å². The van der Waals surface area contributed by atoms with Crippen LogP contribution in [0.25, 0.3) is 0 Å². The molecule has 1 heterocycles. The summed E-state index contributed by atoms with van der Waals surface area (Å²) in [6.07, 6.45) is 2.58. The fraction of sp³-hybridized carbons (Fsp3) is 0.364. The summed E-state index contributed by atoms with van der Waals surface area (Å²) in [6.45, 7) is 2.33. The molecule has 0 radical (unpaired) electrons. The van der Waals surface area contributed by atoms with Gasteiger partial charge in [0.25, 0.3) is 5.91 Å². The van der Waals surface area contributed by atoms with Crippen molar-refractivity contribution >= 4 is 11.9 Å². The number of amides is 1. The minimum absolute atomic E-state index is 0.131. The molecular weight excluding hydrogens is 358 g/mol. The maximum Gasteiger partial charge on any atom is 0.335 e. The van der Waals surface area contributed by atoms with Crippen LogP contribution >= 0.6 is 0 Å². The van der Waals surface area contributed by atoms with Crippen LogP contribution < -0.4 is 5.32 Å². The van der Waals surface area contributed by atoms with Gasteiger partial charge in [-0.3, -0.25) is 4.79 Å². The molecule has 2 aromatic carbocycles. The van der Waals surface area contributed by atoms with E-state index in [-0.39, 0.29) is 17.6 Å². The standard InChI is InChI=1S/C22H25NO5/c24-21(23-12-9-16-5-7-17(8-6-16)22(25)26)20-4-2-1-3-18(20)15-28-19-10-13-27-14-11-19/h1-8,19H,9-15H2,(H,23,24)(H,25,26). The highest BCUT2D eigenvalue weighted by Crippen LogP contribution is 2.16. The van der Waals surface area contributed by atoms with Crippen LogP contribution in [0.15, 0.2) is 48.5 Å². The molecule has 0 saturated carbocycles. The van der Waals surface area contributed by atoms with E-state index in [0.29, 0.717) is 25.1 Å². The molecule has 0 aliphatic carbocycles. The minimum Gasteiger partial charge on any atom is -0.478 e. The summed E-state index contributed by atoms with van der Waals surface area (Å²) in [5, 5.41) is 11.9. The summed E-state index contributed by atoms with van der Waals surface area (Å²) in [4.78, 5) is 23.5. The first-order chi connectivity index (χ1) is 13.6. The van der Waals surface area contributed by atoms with Crippen LogP contribution in [0.3, 0.4) is 0 Å². The number of ether oxygens (including phenoxy) is 2. The predicted molar refractivity (Wildman–Crippen MR) is 105 cm³/mol. The Bertz CT molecular complexity index is 797. The first kappa shape index (κ1) is 20.0. The van der Waals surface area contributed by atoms with Gasteiger partial charge in [0, 0.05) is 25.3 Å². The van der Waals surface area contributed by atoms with E-state index in [1.54, 1.807) is 30.3 Å². The lowest BCUT2D eigenvalue weighted by Gasteiger charge is -2.23. The third kappa shape index (κ3) is 5.65. The van der Waals surface area contributed by atoms with E-state index >= 15 is 0 Å². The molecule has 6 heteroatoms. The van der Waals surface area contributed by atoms with Crippen molar-refractivity contribution in [1.82, 2.24) is 5.32 Å². The smallest absolute Gasteiger partial charge is 0.335 e. The molecule has 3 rings (SSSR count). The number of carbonyl (C=O) groups excluding carboxylic acids is 1. The minimum atomic E-state index is -0.945. The van der Waals surface area contributed by atoms with E-state index in [2.05, 4.69) is 5.32 Å². The molecule has 1 saturated heterocycles. The first-order valence-corrected chi connectivity index (χ1v) is 9.51. The molecule has 6 nitrogen and oxygen atoms in total.